The van der Waals surface area contributed by atoms with Gasteiger partial charge in [0.2, 0.25) is 0 Å². The Hall–Kier alpha value is -2.35. The highest BCUT2D eigenvalue weighted by atomic mass is 16.5. The molecule has 0 amide bonds. The Balaban J connectivity index is 2.38. The summed E-state index contributed by atoms with van der Waals surface area (Å²) in [6, 6.07) is 16.5. The number of aromatic nitrogens is 1. The summed E-state index contributed by atoms with van der Waals surface area (Å²) < 4.78 is 5.41. The molecular formula is C17H15NO. The van der Waals surface area contributed by atoms with Gasteiger partial charge >= 0.3 is 0 Å². The van der Waals surface area contributed by atoms with E-state index in [0.29, 0.717) is 0 Å². The predicted octanol–water partition coefficient (Wildman–Crippen LogP) is 4.22. The van der Waals surface area contributed by atoms with Gasteiger partial charge in [-0.25, -0.2) is 0 Å². The summed E-state index contributed by atoms with van der Waals surface area (Å²) in [5.74, 6) is 0.818. The lowest BCUT2D eigenvalue weighted by molar-refractivity contribution is 0.419. The van der Waals surface area contributed by atoms with Crippen molar-refractivity contribution in [2.24, 2.45) is 0 Å². The first-order chi connectivity index (χ1) is 9.31. The first-order valence-electron chi connectivity index (χ1n) is 6.29. The molecule has 0 aliphatic carbocycles. The molecule has 0 bridgehead atoms. The number of pyridine rings is 1. The van der Waals surface area contributed by atoms with E-state index >= 15 is 0 Å². The highest BCUT2D eigenvalue weighted by molar-refractivity contribution is 5.99. The quantitative estimate of drug-likeness (QED) is 0.678. The molecule has 0 atom stereocenters. The predicted molar refractivity (Wildman–Crippen MR) is 78.5 cm³/mol. The highest BCUT2D eigenvalue weighted by Crippen LogP contribution is 2.34. The number of fused-ring (bicyclic) bond motifs is 1. The monoisotopic (exact) mass is 249 g/mol. The van der Waals surface area contributed by atoms with Crippen LogP contribution in [0.3, 0.4) is 0 Å². The Labute approximate surface area is 112 Å². The minimum Gasteiger partial charge on any atom is -0.494 e. The zero-order chi connectivity index (χ0) is 13.2. The van der Waals surface area contributed by atoms with Crippen LogP contribution in [0.5, 0.6) is 5.75 Å². The van der Waals surface area contributed by atoms with Crippen molar-refractivity contribution in [3.63, 3.8) is 0 Å². The summed E-state index contributed by atoms with van der Waals surface area (Å²) in [4.78, 5) is 4.47. The van der Waals surface area contributed by atoms with Crippen LogP contribution >= 0.6 is 0 Å². The van der Waals surface area contributed by atoms with Crippen LogP contribution in [0.1, 0.15) is 5.56 Å². The summed E-state index contributed by atoms with van der Waals surface area (Å²) in [5.41, 5.74) is 4.53. The maximum Gasteiger partial charge on any atom is 0.145 e. The second-order valence-electron chi connectivity index (χ2n) is 4.53. The number of benzene rings is 2. The van der Waals surface area contributed by atoms with Crippen LogP contribution in [0.2, 0.25) is 0 Å². The van der Waals surface area contributed by atoms with Crippen molar-refractivity contribution in [2.45, 2.75) is 6.92 Å². The van der Waals surface area contributed by atoms with Crippen molar-refractivity contribution in [2.75, 3.05) is 7.11 Å². The van der Waals surface area contributed by atoms with Crippen LogP contribution in [0.25, 0.3) is 22.0 Å². The average Bonchev–Trinajstić information content (AvgIpc) is 2.48. The van der Waals surface area contributed by atoms with Gasteiger partial charge in [-0.3, -0.25) is 4.98 Å². The van der Waals surface area contributed by atoms with Crippen LogP contribution in [-0.4, -0.2) is 12.1 Å². The molecule has 1 heterocycles. The van der Waals surface area contributed by atoms with Crippen molar-refractivity contribution < 1.29 is 4.74 Å². The van der Waals surface area contributed by atoms with Crippen molar-refractivity contribution in [1.29, 1.82) is 0 Å². The Morgan fingerprint density at radius 1 is 0.947 bits per heavy atom. The van der Waals surface area contributed by atoms with E-state index in [0.717, 1.165) is 16.7 Å². The summed E-state index contributed by atoms with van der Waals surface area (Å²) in [7, 11) is 1.68. The maximum atomic E-state index is 5.41. The minimum absolute atomic E-state index is 0.818. The largest absolute Gasteiger partial charge is 0.494 e. The van der Waals surface area contributed by atoms with E-state index in [1.165, 1.54) is 16.7 Å². The van der Waals surface area contributed by atoms with Crippen LogP contribution in [-0.2, 0) is 0 Å². The molecule has 3 aromatic rings. The number of hydrogen-bond acceptors (Lipinski definition) is 2. The normalized spacial score (nSPS) is 10.6. The van der Waals surface area contributed by atoms with Gasteiger partial charge in [-0.2, -0.15) is 0 Å². The fourth-order valence-electron chi connectivity index (χ4n) is 2.43. The van der Waals surface area contributed by atoms with E-state index in [9.17, 15) is 0 Å². The molecule has 2 aromatic carbocycles. The van der Waals surface area contributed by atoms with E-state index in [1.54, 1.807) is 7.11 Å². The third-order valence-corrected chi connectivity index (χ3v) is 3.37. The van der Waals surface area contributed by atoms with Crippen LogP contribution < -0.4 is 4.74 Å². The molecule has 0 saturated carbocycles. The average molecular weight is 249 g/mol. The van der Waals surface area contributed by atoms with Gasteiger partial charge in [-0.05, 0) is 35.7 Å². The number of rotatable bonds is 2. The molecule has 3 rings (SSSR count). The Bertz CT molecular complexity index is 720. The lowest BCUT2D eigenvalue weighted by Crippen LogP contribution is -1.92. The number of hydrogen-bond donors (Lipinski definition) is 0. The van der Waals surface area contributed by atoms with Crippen LogP contribution in [0.15, 0.2) is 54.7 Å². The smallest absolute Gasteiger partial charge is 0.145 e. The Morgan fingerprint density at radius 2 is 1.74 bits per heavy atom. The van der Waals surface area contributed by atoms with Gasteiger partial charge in [0.15, 0.2) is 0 Å². The van der Waals surface area contributed by atoms with E-state index in [4.69, 9.17) is 4.74 Å². The van der Waals surface area contributed by atoms with Gasteiger partial charge < -0.3 is 4.74 Å². The van der Waals surface area contributed by atoms with Crippen LogP contribution in [0.4, 0.5) is 0 Å². The summed E-state index contributed by atoms with van der Waals surface area (Å²) in [6.45, 7) is 2.11. The molecule has 94 valence electrons. The van der Waals surface area contributed by atoms with E-state index < -0.39 is 0 Å². The van der Waals surface area contributed by atoms with Crippen LogP contribution in [0, 0.1) is 6.92 Å². The van der Waals surface area contributed by atoms with Crippen molar-refractivity contribution in [3.05, 3.63) is 60.3 Å². The number of nitrogens with zero attached hydrogens (tertiary/aromatic N) is 1. The van der Waals surface area contributed by atoms with Crippen molar-refractivity contribution in [1.82, 2.24) is 4.98 Å². The number of methoxy groups -OCH3 is 1. The fourth-order valence-corrected chi connectivity index (χ4v) is 2.43. The molecule has 0 N–H and O–H groups in total. The molecular weight excluding hydrogens is 234 g/mol. The third kappa shape index (κ3) is 1.95. The first-order valence-corrected chi connectivity index (χ1v) is 6.29. The zero-order valence-corrected chi connectivity index (χ0v) is 11.1. The molecule has 0 saturated heterocycles. The Kier molecular flexibility index (Phi) is 2.92. The van der Waals surface area contributed by atoms with Gasteiger partial charge in [0, 0.05) is 11.6 Å². The van der Waals surface area contributed by atoms with Gasteiger partial charge in [0.05, 0.1) is 7.11 Å². The number of ether oxygens (including phenoxy) is 1. The standard InChI is InChI=1S/C17H15NO/c1-12-8-9-15(19-2)17-16(12)14(10-11-18-17)13-6-4-3-5-7-13/h3-11H,1-2H3. The molecule has 19 heavy (non-hydrogen) atoms. The molecule has 0 aliphatic rings. The topological polar surface area (TPSA) is 22.1 Å². The fraction of sp³-hybridized carbons (Fsp3) is 0.118. The molecule has 2 heteroatoms. The number of aryl methyl sites for hydroxylation is 1. The summed E-state index contributed by atoms with van der Waals surface area (Å²) in [5, 5.41) is 1.16. The maximum absolute atomic E-state index is 5.41. The molecule has 0 aliphatic heterocycles. The Morgan fingerprint density at radius 3 is 2.47 bits per heavy atom. The SMILES string of the molecule is COc1ccc(C)c2c(-c3ccccc3)ccnc12. The summed E-state index contributed by atoms with van der Waals surface area (Å²) >= 11 is 0. The van der Waals surface area contributed by atoms with Gasteiger partial charge in [-0.1, -0.05) is 36.4 Å². The van der Waals surface area contributed by atoms with Crippen molar-refractivity contribution >= 4 is 10.9 Å². The second-order valence-corrected chi connectivity index (χ2v) is 4.53. The molecule has 0 fully saturated rings. The molecule has 1 aromatic heterocycles. The van der Waals surface area contributed by atoms with Gasteiger partial charge in [0.1, 0.15) is 11.3 Å². The molecule has 0 radical (unpaired) electrons. The van der Waals surface area contributed by atoms with Gasteiger partial charge in [-0.15, -0.1) is 0 Å². The van der Waals surface area contributed by atoms with Crippen molar-refractivity contribution in [3.8, 4) is 16.9 Å². The van der Waals surface area contributed by atoms with E-state index in [2.05, 4.69) is 48.3 Å². The van der Waals surface area contributed by atoms with E-state index in [1.807, 2.05) is 18.3 Å². The first kappa shape index (κ1) is 11.7. The van der Waals surface area contributed by atoms with Gasteiger partial charge in [0.25, 0.3) is 0 Å². The lowest BCUT2D eigenvalue weighted by Gasteiger charge is -2.11. The molecule has 0 unspecified atom stereocenters. The third-order valence-electron chi connectivity index (χ3n) is 3.37. The second kappa shape index (κ2) is 4.73. The minimum atomic E-state index is 0.818. The zero-order valence-electron chi connectivity index (χ0n) is 11.1. The summed E-state index contributed by atoms with van der Waals surface area (Å²) in [6.07, 6.45) is 1.84. The molecule has 2 nitrogen and oxygen atoms in total. The molecule has 0 spiro atoms. The highest BCUT2D eigenvalue weighted by Gasteiger charge is 2.10. The lowest BCUT2D eigenvalue weighted by atomic mass is 9.98. The van der Waals surface area contributed by atoms with E-state index in [-0.39, 0.29) is 0 Å².